The average Bonchev–Trinajstić information content (AvgIpc) is 2.17. The van der Waals surface area contributed by atoms with E-state index in [-0.39, 0.29) is 5.96 Å². The number of nitrogens with zero attached hydrogens (tertiary/aromatic N) is 2. The summed E-state index contributed by atoms with van der Waals surface area (Å²) < 4.78 is 0. The number of anilines is 1. The van der Waals surface area contributed by atoms with Crippen molar-refractivity contribution in [2.24, 2.45) is 5.73 Å². The molecular formula is C9H13N5. The molecule has 1 aliphatic rings. The number of hydrogen-bond donors (Lipinski definition) is 3. The summed E-state index contributed by atoms with van der Waals surface area (Å²) in [6.45, 7) is 1.41. The number of nitrogen functional groups attached to an aromatic ring is 1. The van der Waals surface area contributed by atoms with E-state index < -0.39 is 0 Å². The van der Waals surface area contributed by atoms with Crippen LogP contribution < -0.4 is 11.5 Å². The highest BCUT2D eigenvalue weighted by atomic mass is 15.2. The van der Waals surface area contributed by atoms with Crippen molar-refractivity contribution in [3.63, 3.8) is 0 Å². The van der Waals surface area contributed by atoms with Gasteiger partial charge in [-0.3, -0.25) is 5.41 Å². The molecule has 0 aliphatic carbocycles. The number of hydrogen-bond acceptors (Lipinski definition) is 3. The number of aromatic nitrogens is 1. The molecule has 0 unspecified atom stereocenters. The maximum Gasteiger partial charge on any atom is 0.188 e. The van der Waals surface area contributed by atoms with E-state index in [1.165, 1.54) is 0 Å². The molecule has 1 aliphatic heterocycles. The van der Waals surface area contributed by atoms with Crippen LogP contribution >= 0.6 is 0 Å². The van der Waals surface area contributed by atoms with Crippen molar-refractivity contribution >= 4 is 11.8 Å². The molecule has 1 aromatic rings. The van der Waals surface area contributed by atoms with Gasteiger partial charge in [0.25, 0.3) is 0 Å². The number of nitrogens with one attached hydrogen (secondary N) is 1. The Morgan fingerprint density at radius 3 is 3.07 bits per heavy atom. The Hall–Kier alpha value is -1.78. The van der Waals surface area contributed by atoms with Crippen molar-refractivity contribution in [3.05, 3.63) is 23.4 Å². The molecule has 74 valence electrons. The van der Waals surface area contributed by atoms with Crippen LogP contribution in [0.15, 0.2) is 12.3 Å². The molecule has 0 atom stereocenters. The van der Waals surface area contributed by atoms with Crippen LogP contribution in [0.1, 0.15) is 11.1 Å². The van der Waals surface area contributed by atoms with E-state index in [1.54, 1.807) is 6.20 Å². The third-order valence-corrected chi connectivity index (χ3v) is 2.52. The normalized spacial score (nSPS) is 15.0. The second-order valence-corrected chi connectivity index (χ2v) is 3.39. The first-order chi connectivity index (χ1) is 6.68. The van der Waals surface area contributed by atoms with E-state index in [2.05, 4.69) is 4.98 Å². The van der Waals surface area contributed by atoms with Crippen molar-refractivity contribution in [2.75, 3.05) is 12.3 Å². The Bertz CT molecular complexity index is 373. The van der Waals surface area contributed by atoms with Gasteiger partial charge in [0.2, 0.25) is 0 Å². The first-order valence-electron chi connectivity index (χ1n) is 4.49. The molecule has 5 N–H and O–H groups in total. The van der Waals surface area contributed by atoms with Crippen LogP contribution in [0.2, 0.25) is 0 Å². The molecule has 2 rings (SSSR count). The second kappa shape index (κ2) is 3.17. The topological polar surface area (TPSA) is 92.0 Å². The Balaban J connectivity index is 2.31. The van der Waals surface area contributed by atoms with E-state index in [0.29, 0.717) is 12.4 Å². The van der Waals surface area contributed by atoms with Gasteiger partial charge in [0.1, 0.15) is 5.82 Å². The van der Waals surface area contributed by atoms with Crippen molar-refractivity contribution in [2.45, 2.75) is 13.0 Å². The maximum absolute atomic E-state index is 7.34. The SMILES string of the molecule is N=C(N)N1CCc2c(ccnc2N)C1. The highest BCUT2D eigenvalue weighted by Crippen LogP contribution is 2.21. The maximum atomic E-state index is 7.34. The summed E-state index contributed by atoms with van der Waals surface area (Å²) in [5.74, 6) is 0.719. The van der Waals surface area contributed by atoms with Gasteiger partial charge in [-0.25, -0.2) is 4.98 Å². The van der Waals surface area contributed by atoms with E-state index >= 15 is 0 Å². The monoisotopic (exact) mass is 191 g/mol. The zero-order chi connectivity index (χ0) is 10.1. The molecule has 0 fully saturated rings. The lowest BCUT2D eigenvalue weighted by Gasteiger charge is -2.29. The molecular weight excluding hydrogens is 178 g/mol. The summed E-state index contributed by atoms with van der Waals surface area (Å²) in [7, 11) is 0. The Labute approximate surface area is 82.2 Å². The van der Waals surface area contributed by atoms with Gasteiger partial charge in [-0.05, 0) is 18.1 Å². The van der Waals surface area contributed by atoms with E-state index in [0.717, 1.165) is 24.1 Å². The van der Waals surface area contributed by atoms with Gasteiger partial charge in [-0.1, -0.05) is 0 Å². The quantitative estimate of drug-likeness (QED) is 0.395. The van der Waals surface area contributed by atoms with Crippen LogP contribution in [0, 0.1) is 5.41 Å². The van der Waals surface area contributed by atoms with E-state index in [1.807, 2.05) is 11.0 Å². The van der Waals surface area contributed by atoms with E-state index in [4.69, 9.17) is 16.9 Å². The molecule has 0 spiro atoms. The lowest BCUT2D eigenvalue weighted by molar-refractivity contribution is 0.387. The standard InChI is InChI=1S/C9H13N5/c10-8-7-2-4-14(9(11)12)5-6(7)1-3-13-8/h1,3H,2,4-5H2,(H2,10,13)(H3,11,12). The largest absolute Gasteiger partial charge is 0.383 e. The van der Waals surface area contributed by atoms with E-state index in [9.17, 15) is 0 Å². The van der Waals surface area contributed by atoms with Gasteiger partial charge < -0.3 is 16.4 Å². The third kappa shape index (κ3) is 1.37. The average molecular weight is 191 g/mol. The molecule has 0 bridgehead atoms. The fourth-order valence-corrected chi connectivity index (χ4v) is 1.72. The molecule has 2 heterocycles. The summed E-state index contributed by atoms with van der Waals surface area (Å²) in [5, 5.41) is 7.34. The first-order valence-corrected chi connectivity index (χ1v) is 4.49. The third-order valence-electron chi connectivity index (χ3n) is 2.52. The molecule has 5 heteroatoms. The summed E-state index contributed by atoms with van der Waals surface area (Å²) in [4.78, 5) is 5.86. The number of fused-ring (bicyclic) bond motifs is 1. The van der Waals surface area contributed by atoms with Gasteiger partial charge in [0, 0.05) is 24.8 Å². The Morgan fingerprint density at radius 1 is 1.57 bits per heavy atom. The molecule has 0 amide bonds. The lowest BCUT2D eigenvalue weighted by Crippen LogP contribution is -2.40. The molecule has 14 heavy (non-hydrogen) atoms. The second-order valence-electron chi connectivity index (χ2n) is 3.39. The molecule has 1 aromatic heterocycles. The summed E-state index contributed by atoms with van der Waals surface area (Å²) in [5.41, 5.74) is 13.4. The molecule has 0 aromatic carbocycles. The number of nitrogens with two attached hydrogens (primary N) is 2. The molecule has 0 saturated heterocycles. The molecule has 5 nitrogen and oxygen atoms in total. The van der Waals surface area contributed by atoms with Crippen LogP contribution in [0.5, 0.6) is 0 Å². The number of pyridine rings is 1. The minimum Gasteiger partial charge on any atom is -0.383 e. The smallest absolute Gasteiger partial charge is 0.188 e. The van der Waals surface area contributed by atoms with Crippen molar-refractivity contribution in [1.29, 1.82) is 5.41 Å². The number of rotatable bonds is 0. The first kappa shape index (κ1) is 8.80. The predicted octanol–water partition coefficient (Wildman–Crippen LogP) is -0.0846. The fourth-order valence-electron chi connectivity index (χ4n) is 1.72. The van der Waals surface area contributed by atoms with Crippen molar-refractivity contribution in [3.8, 4) is 0 Å². The predicted molar refractivity (Wildman–Crippen MR) is 54.7 cm³/mol. The van der Waals surface area contributed by atoms with Crippen LogP contribution in [-0.4, -0.2) is 22.4 Å². The van der Waals surface area contributed by atoms with Gasteiger partial charge in [-0.15, -0.1) is 0 Å². The van der Waals surface area contributed by atoms with Crippen LogP contribution in [0.25, 0.3) is 0 Å². The minimum atomic E-state index is 0.117. The van der Waals surface area contributed by atoms with Crippen LogP contribution in [0.3, 0.4) is 0 Å². The van der Waals surface area contributed by atoms with Crippen molar-refractivity contribution in [1.82, 2.24) is 9.88 Å². The molecule has 0 radical (unpaired) electrons. The lowest BCUT2D eigenvalue weighted by atomic mass is 10.0. The molecule has 0 saturated carbocycles. The number of guanidine groups is 1. The van der Waals surface area contributed by atoms with Gasteiger partial charge in [-0.2, -0.15) is 0 Å². The highest BCUT2D eigenvalue weighted by molar-refractivity contribution is 5.75. The summed E-state index contributed by atoms with van der Waals surface area (Å²) in [6.07, 6.45) is 2.51. The van der Waals surface area contributed by atoms with Gasteiger partial charge in [0.05, 0.1) is 0 Å². The zero-order valence-electron chi connectivity index (χ0n) is 7.83. The zero-order valence-corrected chi connectivity index (χ0v) is 7.83. The minimum absolute atomic E-state index is 0.117. The fraction of sp³-hybridized carbons (Fsp3) is 0.333. The highest BCUT2D eigenvalue weighted by Gasteiger charge is 2.18. The summed E-state index contributed by atoms with van der Waals surface area (Å²) >= 11 is 0. The van der Waals surface area contributed by atoms with Gasteiger partial charge in [0.15, 0.2) is 5.96 Å². The Morgan fingerprint density at radius 2 is 2.36 bits per heavy atom. The van der Waals surface area contributed by atoms with Crippen molar-refractivity contribution < 1.29 is 0 Å². The van der Waals surface area contributed by atoms with Crippen LogP contribution in [-0.2, 0) is 13.0 Å². The Kier molecular flexibility index (Phi) is 1.99. The van der Waals surface area contributed by atoms with Crippen LogP contribution in [0.4, 0.5) is 5.82 Å². The summed E-state index contributed by atoms with van der Waals surface area (Å²) in [6, 6.07) is 1.93. The van der Waals surface area contributed by atoms with Gasteiger partial charge >= 0.3 is 0 Å².